The topological polar surface area (TPSA) is 63.9 Å². The molecule has 7 heteroatoms. The minimum absolute atomic E-state index is 0.245. The summed E-state index contributed by atoms with van der Waals surface area (Å²) in [6, 6.07) is 1.48. The second-order valence-electron chi connectivity index (χ2n) is 6.67. The Kier molecular flexibility index (Phi) is 9.25. The molecule has 0 aliphatic heterocycles. The first-order valence-corrected chi connectivity index (χ1v) is 10.4. The van der Waals surface area contributed by atoms with Gasteiger partial charge in [0, 0.05) is 18.9 Å². The molecule has 2 aromatic rings. The number of nitrogens with zero attached hydrogens (tertiary/aromatic N) is 5. The van der Waals surface area contributed by atoms with Crippen LogP contribution in [0.4, 0.5) is 10.6 Å². The number of aromatic nitrogens is 4. The van der Waals surface area contributed by atoms with Crippen LogP contribution in [0.5, 0.6) is 0 Å². The lowest BCUT2D eigenvalue weighted by molar-refractivity contribution is 0.244. The van der Waals surface area contributed by atoms with Gasteiger partial charge in [-0.2, -0.15) is 9.78 Å². The molecule has 0 aliphatic rings. The van der Waals surface area contributed by atoms with Crippen molar-refractivity contribution in [3.05, 3.63) is 35.5 Å². The maximum absolute atomic E-state index is 12.9. The minimum Gasteiger partial charge on any atom is -0.275 e. The molecular formula is C20H30ClN5O. The molecule has 27 heavy (non-hydrogen) atoms. The zero-order chi connectivity index (χ0) is 19.5. The fraction of sp³-hybridized carbons (Fsp3) is 0.600. The Morgan fingerprint density at radius 1 is 1.07 bits per heavy atom. The average molecular weight is 392 g/mol. The lowest BCUT2D eigenvalue weighted by Gasteiger charge is -2.22. The molecule has 0 unspecified atom stereocenters. The summed E-state index contributed by atoms with van der Waals surface area (Å²) in [5.41, 5.74) is 0.746. The monoisotopic (exact) mass is 391 g/mol. The minimum atomic E-state index is -0.245. The Morgan fingerprint density at radius 2 is 1.78 bits per heavy atom. The van der Waals surface area contributed by atoms with Crippen LogP contribution in [0.15, 0.2) is 24.8 Å². The standard InChI is InChI=1S/C20H30ClN5O/c1-3-5-6-7-8-9-10-11-14-25(20(27)26-15-12-13-24-26)19-18(21)17(4-2)22-16-23-19/h12-13,15-16H,3-11,14H2,1-2H3. The predicted molar refractivity (Wildman–Crippen MR) is 109 cm³/mol. The van der Waals surface area contributed by atoms with Crippen molar-refractivity contribution in [1.29, 1.82) is 0 Å². The SMILES string of the molecule is CCCCCCCCCCN(C(=O)n1cccn1)c1ncnc(CC)c1Cl. The summed E-state index contributed by atoms with van der Waals surface area (Å²) in [7, 11) is 0. The Hall–Kier alpha value is -1.95. The fourth-order valence-corrected chi connectivity index (χ4v) is 3.37. The van der Waals surface area contributed by atoms with Crippen molar-refractivity contribution in [2.45, 2.75) is 71.6 Å². The normalized spacial score (nSPS) is 10.9. The summed E-state index contributed by atoms with van der Waals surface area (Å²) in [4.78, 5) is 23.0. The number of amides is 1. The molecule has 148 valence electrons. The molecule has 0 aromatic carbocycles. The summed E-state index contributed by atoms with van der Waals surface area (Å²) in [6.45, 7) is 4.77. The van der Waals surface area contributed by atoms with Gasteiger partial charge in [-0.05, 0) is 18.9 Å². The first-order chi connectivity index (χ1) is 13.2. The van der Waals surface area contributed by atoms with Crippen molar-refractivity contribution < 1.29 is 4.79 Å². The zero-order valence-corrected chi connectivity index (χ0v) is 17.2. The van der Waals surface area contributed by atoms with Crippen LogP contribution in [0.1, 0.15) is 70.9 Å². The van der Waals surface area contributed by atoms with E-state index in [4.69, 9.17) is 11.6 Å². The van der Waals surface area contributed by atoms with Gasteiger partial charge in [0.2, 0.25) is 0 Å². The van der Waals surface area contributed by atoms with E-state index in [2.05, 4.69) is 22.0 Å². The molecule has 0 spiro atoms. The van der Waals surface area contributed by atoms with Crippen LogP contribution in [0, 0.1) is 0 Å². The molecule has 1 amide bonds. The molecule has 2 aromatic heterocycles. The summed E-state index contributed by atoms with van der Waals surface area (Å²) < 4.78 is 1.31. The quantitative estimate of drug-likeness (QED) is 0.474. The van der Waals surface area contributed by atoms with E-state index in [0.717, 1.165) is 18.5 Å². The molecule has 0 aliphatic carbocycles. The van der Waals surface area contributed by atoms with E-state index < -0.39 is 0 Å². The van der Waals surface area contributed by atoms with Gasteiger partial charge in [0.25, 0.3) is 0 Å². The smallest absolute Gasteiger partial charge is 0.275 e. The van der Waals surface area contributed by atoms with Gasteiger partial charge < -0.3 is 0 Å². The Bertz CT molecular complexity index is 690. The van der Waals surface area contributed by atoms with E-state index in [9.17, 15) is 4.79 Å². The summed E-state index contributed by atoms with van der Waals surface area (Å²) in [5, 5.41) is 4.50. The molecule has 0 N–H and O–H groups in total. The van der Waals surface area contributed by atoms with Crippen molar-refractivity contribution >= 4 is 23.4 Å². The second kappa shape index (κ2) is 11.7. The van der Waals surface area contributed by atoms with Crippen molar-refractivity contribution in [2.75, 3.05) is 11.4 Å². The number of carbonyl (C=O) groups is 1. The van der Waals surface area contributed by atoms with Crippen LogP contribution in [0.25, 0.3) is 0 Å². The van der Waals surface area contributed by atoms with Gasteiger partial charge in [0.15, 0.2) is 5.82 Å². The molecule has 2 heterocycles. The largest absolute Gasteiger partial charge is 0.350 e. The number of hydrogen-bond donors (Lipinski definition) is 0. The van der Waals surface area contributed by atoms with E-state index in [1.165, 1.54) is 49.5 Å². The molecule has 2 rings (SSSR count). The maximum atomic E-state index is 12.9. The first kappa shape index (κ1) is 21.4. The summed E-state index contributed by atoms with van der Waals surface area (Å²) >= 11 is 6.47. The number of unbranched alkanes of at least 4 members (excludes halogenated alkanes) is 7. The van der Waals surface area contributed by atoms with E-state index >= 15 is 0 Å². The third kappa shape index (κ3) is 6.31. The molecule has 0 saturated heterocycles. The van der Waals surface area contributed by atoms with Crippen LogP contribution in [0.2, 0.25) is 5.02 Å². The van der Waals surface area contributed by atoms with Gasteiger partial charge in [-0.15, -0.1) is 0 Å². The van der Waals surface area contributed by atoms with E-state index in [0.29, 0.717) is 23.8 Å². The predicted octanol–water partition coefficient (Wildman–Crippen LogP) is 5.50. The van der Waals surface area contributed by atoms with E-state index in [1.54, 1.807) is 23.4 Å². The number of rotatable bonds is 11. The van der Waals surface area contributed by atoms with Gasteiger partial charge in [0.1, 0.15) is 11.3 Å². The highest BCUT2D eigenvalue weighted by Gasteiger charge is 2.23. The van der Waals surface area contributed by atoms with Gasteiger partial charge in [-0.3, -0.25) is 4.90 Å². The fourth-order valence-electron chi connectivity index (χ4n) is 3.03. The van der Waals surface area contributed by atoms with Crippen molar-refractivity contribution in [2.24, 2.45) is 0 Å². The van der Waals surface area contributed by atoms with Crippen LogP contribution >= 0.6 is 11.6 Å². The first-order valence-electron chi connectivity index (χ1n) is 9.99. The molecule has 0 radical (unpaired) electrons. The van der Waals surface area contributed by atoms with Crippen LogP contribution in [-0.2, 0) is 6.42 Å². The van der Waals surface area contributed by atoms with Gasteiger partial charge in [0.05, 0.1) is 5.69 Å². The van der Waals surface area contributed by atoms with E-state index in [-0.39, 0.29) is 6.03 Å². The number of carbonyl (C=O) groups excluding carboxylic acids is 1. The zero-order valence-electron chi connectivity index (χ0n) is 16.4. The third-order valence-electron chi connectivity index (χ3n) is 4.60. The molecule has 0 atom stereocenters. The van der Waals surface area contributed by atoms with Crippen molar-refractivity contribution in [3.63, 3.8) is 0 Å². The van der Waals surface area contributed by atoms with Gasteiger partial charge in [-0.1, -0.05) is 70.4 Å². The van der Waals surface area contributed by atoms with E-state index in [1.807, 2.05) is 6.92 Å². The Morgan fingerprint density at radius 3 is 2.41 bits per heavy atom. The maximum Gasteiger partial charge on any atom is 0.350 e. The Balaban J connectivity index is 2.00. The number of hydrogen-bond acceptors (Lipinski definition) is 4. The molecule has 6 nitrogen and oxygen atoms in total. The molecule has 0 fully saturated rings. The highest BCUT2D eigenvalue weighted by atomic mass is 35.5. The molecular weight excluding hydrogens is 362 g/mol. The second-order valence-corrected chi connectivity index (χ2v) is 7.05. The number of anilines is 1. The lowest BCUT2D eigenvalue weighted by atomic mass is 10.1. The lowest BCUT2D eigenvalue weighted by Crippen LogP contribution is -2.37. The molecule has 0 bridgehead atoms. The third-order valence-corrected chi connectivity index (χ3v) is 4.99. The number of halogens is 1. The average Bonchev–Trinajstić information content (AvgIpc) is 3.22. The summed E-state index contributed by atoms with van der Waals surface area (Å²) in [5.74, 6) is 0.465. The Labute approximate surface area is 167 Å². The van der Waals surface area contributed by atoms with Gasteiger partial charge in [-0.25, -0.2) is 14.8 Å². The molecule has 0 saturated carbocycles. The highest BCUT2D eigenvalue weighted by Crippen LogP contribution is 2.27. The highest BCUT2D eigenvalue weighted by molar-refractivity contribution is 6.34. The van der Waals surface area contributed by atoms with Gasteiger partial charge >= 0.3 is 6.03 Å². The van der Waals surface area contributed by atoms with Crippen LogP contribution in [-0.4, -0.2) is 32.3 Å². The van der Waals surface area contributed by atoms with Crippen molar-refractivity contribution in [1.82, 2.24) is 19.7 Å². The van der Waals surface area contributed by atoms with Crippen molar-refractivity contribution in [3.8, 4) is 0 Å². The number of aryl methyl sites for hydroxylation is 1. The van der Waals surface area contributed by atoms with Crippen LogP contribution < -0.4 is 4.90 Å². The van der Waals surface area contributed by atoms with Crippen LogP contribution in [0.3, 0.4) is 0 Å². The summed E-state index contributed by atoms with van der Waals surface area (Å²) in [6.07, 6.45) is 15.0.